The molecule has 6 rings (SSSR count). The third kappa shape index (κ3) is 2.85. The molecule has 5 fully saturated rings. The summed E-state index contributed by atoms with van der Waals surface area (Å²) < 4.78 is 41.2. The molecule has 1 N–H and O–H groups in total. The minimum Gasteiger partial charge on any atom is -0.309 e. The SMILES string of the molecule is O=c1[nH]c(C2C3CC4CC(C3)CC2C4)c(CC(F)(F)F)n1CC1CC1. The second-order valence-corrected chi connectivity index (χ2v) is 9.09. The molecule has 0 atom stereocenters. The molecule has 4 bridgehead atoms. The van der Waals surface area contributed by atoms with E-state index in [2.05, 4.69) is 4.98 Å². The Morgan fingerprint density at radius 2 is 1.60 bits per heavy atom. The summed E-state index contributed by atoms with van der Waals surface area (Å²) in [5, 5.41) is 0. The van der Waals surface area contributed by atoms with E-state index in [-0.39, 0.29) is 17.3 Å². The molecule has 1 aromatic rings. The molecule has 0 radical (unpaired) electrons. The summed E-state index contributed by atoms with van der Waals surface area (Å²) in [6.07, 6.45) is 2.66. The zero-order chi connectivity index (χ0) is 17.3. The van der Waals surface area contributed by atoms with Crippen LogP contribution in [0.1, 0.15) is 62.3 Å². The number of alkyl halides is 3. The predicted molar refractivity (Wildman–Crippen MR) is 87.3 cm³/mol. The molecular formula is C19H25F3N2O. The number of imidazole rings is 1. The molecule has 25 heavy (non-hydrogen) atoms. The van der Waals surface area contributed by atoms with Crippen molar-refractivity contribution >= 4 is 0 Å². The van der Waals surface area contributed by atoms with E-state index in [1.807, 2.05) is 0 Å². The van der Waals surface area contributed by atoms with Gasteiger partial charge in [-0.25, -0.2) is 4.79 Å². The largest absolute Gasteiger partial charge is 0.394 e. The lowest BCUT2D eigenvalue weighted by Gasteiger charge is -2.54. The summed E-state index contributed by atoms with van der Waals surface area (Å²) >= 11 is 0. The number of hydrogen-bond donors (Lipinski definition) is 1. The van der Waals surface area contributed by atoms with E-state index >= 15 is 0 Å². The predicted octanol–water partition coefficient (Wildman–Crippen LogP) is 4.23. The van der Waals surface area contributed by atoms with Crippen LogP contribution in [-0.4, -0.2) is 15.7 Å². The molecule has 6 heteroatoms. The smallest absolute Gasteiger partial charge is 0.309 e. The topological polar surface area (TPSA) is 37.8 Å². The minimum absolute atomic E-state index is 0.137. The maximum Gasteiger partial charge on any atom is 0.394 e. The van der Waals surface area contributed by atoms with Gasteiger partial charge in [0.1, 0.15) is 0 Å². The highest BCUT2D eigenvalue weighted by atomic mass is 19.4. The van der Waals surface area contributed by atoms with E-state index in [0.717, 1.165) is 50.4 Å². The van der Waals surface area contributed by atoms with Gasteiger partial charge in [-0.2, -0.15) is 13.2 Å². The lowest BCUT2D eigenvalue weighted by molar-refractivity contribution is -0.128. The Morgan fingerprint density at radius 1 is 1.00 bits per heavy atom. The van der Waals surface area contributed by atoms with E-state index in [1.165, 1.54) is 11.0 Å². The Balaban J connectivity index is 1.55. The minimum atomic E-state index is -4.28. The highest BCUT2D eigenvalue weighted by Crippen LogP contribution is 2.60. The Kier molecular flexibility index (Phi) is 3.46. The van der Waals surface area contributed by atoms with Crippen LogP contribution in [0.25, 0.3) is 0 Å². The van der Waals surface area contributed by atoms with Crippen LogP contribution in [0.2, 0.25) is 0 Å². The van der Waals surface area contributed by atoms with E-state index in [1.54, 1.807) is 0 Å². The van der Waals surface area contributed by atoms with Crippen molar-refractivity contribution in [1.29, 1.82) is 0 Å². The van der Waals surface area contributed by atoms with E-state index in [4.69, 9.17) is 0 Å². The van der Waals surface area contributed by atoms with E-state index in [9.17, 15) is 18.0 Å². The number of rotatable bonds is 4. The zero-order valence-electron chi connectivity index (χ0n) is 14.3. The highest BCUT2D eigenvalue weighted by Gasteiger charge is 2.50. The first-order valence-corrected chi connectivity index (χ1v) is 9.75. The molecule has 0 unspecified atom stereocenters. The van der Waals surface area contributed by atoms with Gasteiger partial charge in [-0.05, 0) is 74.5 Å². The first-order valence-electron chi connectivity index (χ1n) is 9.75. The van der Waals surface area contributed by atoms with Gasteiger partial charge in [0.25, 0.3) is 0 Å². The molecule has 0 amide bonds. The van der Waals surface area contributed by atoms with Crippen LogP contribution in [-0.2, 0) is 13.0 Å². The molecule has 138 valence electrons. The fourth-order valence-electron chi connectivity index (χ4n) is 6.33. The fourth-order valence-corrected chi connectivity index (χ4v) is 6.33. The molecule has 5 aliphatic carbocycles. The van der Waals surface area contributed by atoms with Crippen LogP contribution in [0.3, 0.4) is 0 Å². The summed E-state index contributed by atoms with van der Waals surface area (Å²) in [6.45, 7) is 0.452. The molecule has 0 aliphatic heterocycles. The second-order valence-electron chi connectivity index (χ2n) is 9.09. The van der Waals surface area contributed by atoms with E-state index in [0.29, 0.717) is 30.0 Å². The Bertz CT molecular complexity index is 700. The molecular weight excluding hydrogens is 329 g/mol. The maximum atomic E-state index is 13.3. The Morgan fingerprint density at radius 3 is 2.12 bits per heavy atom. The van der Waals surface area contributed by atoms with Crippen molar-refractivity contribution < 1.29 is 13.2 Å². The van der Waals surface area contributed by atoms with Crippen LogP contribution in [0.15, 0.2) is 4.79 Å². The van der Waals surface area contributed by atoms with Crippen LogP contribution in [0, 0.1) is 29.6 Å². The van der Waals surface area contributed by atoms with Gasteiger partial charge in [0.15, 0.2) is 0 Å². The number of nitrogens with zero attached hydrogens (tertiary/aromatic N) is 1. The monoisotopic (exact) mass is 354 g/mol. The number of nitrogens with one attached hydrogen (secondary N) is 1. The van der Waals surface area contributed by atoms with Crippen molar-refractivity contribution in [3.05, 3.63) is 21.9 Å². The molecule has 1 heterocycles. The van der Waals surface area contributed by atoms with Gasteiger partial charge in [0.05, 0.1) is 12.1 Å². The van der Waals surface area contributed by atoms with Crippen molar-refractivity contribution in [2.75, 3.05) is 0 Å². The van der Waals surface area contributed by atoms with Gasteiger partial charge in [-0.15, -0.1) is 0 Å². The summed E-state index contributed by atoms with van der Waals surface area (Å²) in [4.78, 5) is 15.4. The third-order valence-electron chi connectivity index (χ3n) is 7.19. The zero-order valence-corrected chi connectivity index (χ0v) is 14.3. The summed E-state index contributed by atoms with van der Waals surface area (Å²) in [5.41, 5.74) is 0.550. The van der Waals surface area contributed by atoms with Crippen LogP contribution in [0.5, 0.6) is 0 Å². The van der Waals surface area contributed by atoms with Gasteiger partial charge < -0.3 is 4.98 Å². The van der Waals surface area contributed by atoms with Crippen molar-refractivity contribution in [1.82, 2.24) is 9.55 Å². The lowest BCUT2D eigenvalue weighted by atomic mass is 9.51. The lowest BCUT2D eigenvalue weighted by Crippen LogP contribution is -2.44. The number of aromatic nitrogens is 2. The molecule has 1 aromatic heterocycles. The molecule has 5 aliphatic rings. The average molecular weight is 354 g/mol. The maximum absolute atomic E-state index is 13.3. The Hall–Kier alpha value is -1.20. The Labute approximate surface area is 145 Å². The molecule has 5 saturated carbocycles. The first-order chi connectivity index (χ1) is 11.9. The molecule has 3 nitrogen and oxygen atoms in total. The number of hydrogen-bond acceptors (Lipinski definition) is 1. The summed E-state index contributed by atoms with van der Waals surface area (Å²) in [6, 6.07) is 0. The molecule has 0 spiro atoms. The van der Waals surface area contributed by atoms with Crippen LogP contribution in [0.4, 0.5) is 13.2 Å². The number of aromatic amines is 1. The summed E-state index contributed by atoms with van der Waals surface area (Å²) in [7, 11) is 0. The molecule has 0 saturated heterocycles. The fraction of sp³-hybridized carbons (Fsp3) is 0.842. The number of halogens is 3. The van der Waals surface area contributed by atoms with Crippen LogP contribution >= 0.6 is 0 Å². The van der Waals surface area contributed by atoms with Gasteiger partial charge in [-0.1, -0.05) is 0 Å². The standard InChI is InChI=1S/C19H25F3N2O/c20-19(21,22)8-15-17(23-18(25)24(15)9-10-1-2-10)16-13-4-11-3-12(6-13)7-14(16)5-11/h10-14,16H,1-9H2,(H,23,25). The van der Waals surface area contributed by atoms with Crippen molar-refractivity contribution in [3.63, 3.8) is 0 Å². The molecule has 0 aromatic carbocycles. The normalized spacial score (nSPS) is 37.0. The van der Waals surface area contributed by atoms with Gasteiger partial charge in [0.2, 0.25) is 0 Å². The third-order valence-corrected chi connectivity index (χ3v) is 7.19. The first kappa shape index (κ1) is 16.0. The van der Waals surface area contributed by atoms with Gasteiger partial charge >= 0.3 is 11.9 Å². The van der Waals surface area contributed by atoms with Crippen molar-refractivity contribution in [2.24, 2.45) is 29.6 Å². The second kappa shape index (κ2) is 5.40. The summed E-state index contributed by atoms with van der Waals surface area (Å²) in [5.74, 6) is 2.99. The highest BCUT2D eigenvalue weighted by molar-refractivity contribution is 5.24. The van der Waals surface area contributed by atoms with E-state index < -0.39 is 12.6 Å². The van der Waals surface area contributed by atoms with Gasteiger partial charge in [-0.3, -0.25) is 4.57 Å². The van der Waals surface area contributed by atoms with Gasteiger partial charge in [0, 0.05) is 18.2 Å². The number of H-pyrrole nitrogens is 1. The van der Waals surface area contributed by atoms with Crippen LogP contribution < -0.4 is 5.69 Å². The van der Waals surface area contributed by atoms with Crippen molar-refractivity contribution in [3.8, 4) is 0 Å². The quantitative estimate of drug-likeness (QED) is 0.863. The van der Waals surface area contributed by atoms with Crippen molar-refractivity contribution in [2.45, 2.75) is 70.0 Å². The average Bonchev–Trinajstić information content (AvgIpc) is 3.26.